The SMILES string of the molecule is CC(O)C(C)NCC1CCN(C2CC2)C1. The molecule has 3 nitrogen and oxygen atoms in total. The van der Waals surface area contributed by atoms with Crippen LogP contribution in [0.15, 0.2) is 0 Å². The molecule has 15 heavy (non-hydrogen) atoms. The Morgan fingerprint density at radius 2 is 2.07 bits per heavy atom. The summed E-state index contributed by atoms with van der Waals surface area (Å²) in [4.78, 5) is 2.64. The summed E-state index contributed by atoms with van der Waals surface area (Å²) in [5.41, 5.74) is 0. The monoisotopic (exact) mass is 212 g/mol. The molecular formula is C12H24N2O. The van der Waals surface area contributed by atoms with Crippen LogP contribution >= 0.6 is 0 Å². The molecule has 0 aromatic heterocycles. The second kappa shape index (κ2) is 4.81. The van der Waals surface area contributed by atoms with Crippen LogP contribution in [0.4, 0.5) is 0 Å². The van der Waals surface area contributed by atoms with Crippen LogP contribution in [0.3, 0.4) is 0 Å². The summed E-state index contributed by atoms with van der Waals surface area (Å²) < 4.78 is 0. The molecule has 0 spiro atoms. The number of nitrogens with one attached hydrogen (secondary N) is 1. The van der Waals surface area contributed by atoms with Gasteiger partial charge < -0.3 is 15.3 Å². The minimum absolute atomic E-state index is 0.222. The van der Waals surface area contributed by atoms with Crippen molar-refractivity contribution in [3.05, 3.63) is 0 Å². The molecule has 88 valence electrons. The number of likely N-dealkylation sites (tertiary alicyclic amines) is 1. The second-order valence-electron chi connectivity index (χ2n) is 5.32. The zero-order chi connectivity index (χ0) is 10.8. The van der Waals surface area contributed by atoms with E-state index >= 15 is 0 Å². The highest BCUT2D eigenvalue weighted by Gasteiger charge is 2.34. The van der Waals surface area contributed by atoms with Crippen LogP contribution in [0.25, 0.3) is 0 Å². The van der Waals surface area contributed by atoms with Crippen molar-refractivity contribution >= 4 is 0 Å². The van der Waals surface area contributed by atoms with Gasteiger partial charge in [-0.2, -0.15) is 0 Å². The molecule has 2 aliphatic rings. The molecule has 1 heterocycles. The number of hydrogen-bond acceptors (Lipinski definition) is 3. The molecule has 0 aromatic carbocycles. The van der Waals surface area contributed by atoms with Gasteiger partial charge in [-0.1, -0.05) is 0 Å². The molecule has 3 heteroatoms. The Morgan fingerprint density at radius 1 is 1.33 bits per heavy atom. The molecule has 1 saturated carbocycles. The van der Waals surface area contributed by atoms with Crippen molar-refractivity contribution in [2.24, 2.45) is 5.92 Å². The fraction of sp³-hybridized carbons (Fsp3) is 1.00. The lowest BCUT2D eigenvalue weighted by Crippen LogP contribution is -2.39. The van der Waals surface area contributed by atoms with Crippen LogP contribution < -0.4 is 5.32 Å². The van der Waals surface area contributed by atoms with E-state index in [1.165, 1.54) is 32.4 Å². The van der Waals surface area contributed by atoms with Crippen LogP contribution in [0.5, 0.6) is 0 Å². The molecular weight excluding hydrogens is 188 g/mol. The molecule has 1 aliphatic carbocycles. The third kappa shape index (κ3) is 3.16. The van der Waals surface area contributed by atoms with E-state index in [0.717, 1.165) is 18.5 Å². The first-order chi connectivity index (χ1) is 7.16. The average Bonchev–Trinajstić information content (AvgIpc) is 2.95. The molecule has 2 N–H and O–H groups in total. The Balaban J connectivity index is 1.63. The van der Waals surface area contributed by atoms with Crippen molar-refractivity contribution in [2.45, 2.75) is 51.3 Å². The maximum Gasteiger partial charge on any atom is 0.0662 e. The summed E-state index contributed by atoms with van der Waals surface area (Å²) >= 11 is 0. The van der Waals surface area contributed by atoms with Crippen molar-refractivity contribution in [1.29, 1.82) is 0 Å². The fourth-order valence-electron chi connectivity index (χ4n) is 2.32. The quantitative estimate of drug-likeness (QED) is 0.708. The highest BCUT2D eigenvalue weighted by atomic mass is 16.3. The number of aliphatic hydroxyl groups is 1. The van der Waals surface area contributed by atoms with Gasteiger partial charge in [0.2, 0.25) is 0 Å². The van der Waals surface area contributed by atoms with Crippen molar-refractivity contribution < 1.29 is 5.11 Å². The maximum atomic E-state index is 9.37. The van der Waals surface area contributed by atoms with E-state index in [2.05, 4.69) is 17.1 Å². The van der Waals surface area contributed by atoms with Gasteiger partial charge in [-0.05, 0) is 52.1 Å². The smallest absolute Gasteiger partial charge is 0.0662 e. The maximum absolute atomic E-state index is 9.37. The largest absolute Gasteiger partial charge is 0.392 e. The highest BCUT2D eigenvalue weighted by molar-refractivity contribution is 4.90. The second-order valence-corrected chi connectivity index (χ2v) is 5.32. The lowest BCUT2D eigenvalue weighted by Gasteiger charge is -2.20. The molecule has 0 amide bonds. The van der Waals surface area contributed by atoms with Gasteiger partial charge in [-0.3, -0.25) is 0 Å². The lowest BCUT2D eigenvalue weighted by molar-refractivity contribution is 0.150. The topological polar surface area (TPSA) is 35.5 Å². The average molecular weight is 212 g/mol. The summed E-state index contributed by atoms with van der Waals surface area (Å²) in [6.45, 7) is 7.53. The van der Waals surface area contributed by atoms with Crippen molar-refractivity contribution in [3.8, 4) is 0 Å². The van der Waals surface area contributed by atoms with Crippen LogP contribution in [0.2, 0.25) is 0 Å². The number of rotatable bonds is 5. The van der Waals surface area contributed by atoms with Gasteiger partial charge >= 0.3 is 0 Å². The van der Waals surface area contributed by atoms with Gasteiger partial charge in [-0.25, -0.2) is 0 Å². The van der Waals surface area contributed by atoms with E-state index in [1.807, 2.05) is 6.92 Å². The Kier molecular flexibility index (Phi) is 3.65. The zero-order valence-corrected chi connectivity index (χ0v) is 9.95. The summed E-state index contributed by atoms with van der Waals surface area (Å²) in [6, 6.07) is 1.14. The third-order valence-corrected chi connectivity index (χ3v) is 3.83. The fourth-order valence-corrected chi connectivity index (χ4v) is 2.32. The lowest BCUT2D eigenvalue weighted by atomic mass is 10.1. The van der Waals surface area contributed by atoms with E-state index in [9.17, 15) is 5.11 Å². The molecule has 0 aromatic rings. The van der Waals surface area contributed by atoms with Gasteiger partial charge in [0.05, 0.1) is 6.10 Å². The number of hydrogen-bond donors (Lipinski definition) is 2. The standard InChI is InChI=1S/C12H24N2O/c1-9(10(2)15)13-7-11-5-6-14(8-11)12-3-4-12/h9-13,15H,3-8H2,1-2H3. The van der Waals surface area contributed by atoms with Crippen molar-refractivity contribution in [1.82, 2.24) is 10.2 Å². The van der Waals surface area contributed by atoms with Crippen LogP contribution in [0.1, 0.15) is 33.1 Å². The van der Waals surface area contributed by atoms with E-state index in [0.29, 0.717) is 0 Å². The van der Waals surface area contributed by atoms with Crippen molar-refractivity contribution in [3.63, 3.8) is 0 Å². The molecule has 3 unspecified atom stereocenters. The predicted molar refractivity (Wildman–Crippen MR) is 61.8 cm³/mol. The van der Waals surface area contributed by atoms with Gasteiger partial charge in [-0.15, -0.1) is 0 Å². The number of aliphatic hydroxyl groups excluding tert-OH is 1. The van der Waals surface area contributed by atoms with Gasteiger partial charge in [0.15, 0.2) is 0 Å². The van der Waals surface area contributed by atoms with Crippen LogP contribution in [-0.2, 0) is 0 Å². The molecule has 0 bridgehead atoms. The normalized spacial score (nSPS) is 31.8. The van der Waals surface area contributed by atoms with Gasteiger partial charge in [0.1, 0.15) is 0 Å². The van der Waals surface area contributed by atoms with Crippen LogP contribution in [0, 0.1) is 5.92 Å². The highest BCUT2D eigenvalue weighted by Crippen LogP contribution is 2.31. The Hall–Kier alpha value is -0.120. The molecule has 0 radical (unpaired) electrons. The van der Waals surface area contributed by atoms with Gasteiger partial charge in [0.25, 0.3) is 0 Å². The Bertz CT molecular complexity index is 204. The van der Waals surface area contributed by atoms with Crippen molar-refractivity contribution in [2.75, 3.05) is 19.6 Å². The predicted octanol–water partition coefficient (Wildman–Crippen LogP) is 0.830. The number of nitrogens with zero attached hydrogens (tertiary/aromatic N) is 1. The summed E-state index contributed by atoms with van der Waals surface area (Å²) in [6.07, 6.45) is 3.93. The third-order valence-electron chi connectivity index (χ3n) is 3.83. The van der Waals surface area contributed by atoms with Crippen LogP contribution in [-0.4, -0.2) is 47.8 Å². The molecule has 2 rings (SSSR count). The zero-order valence-electron chi connectivity index (χ0n) is 9.95. The first-order valence-electron chi connectivity index (χ1n) is 6.32. The van der Waals surface area contributed by atoms with E-state index < -0.39 is 0 Å². The molecule has 1 saturated heterocycles. The molecule has 2 fully saturated rings. The Labute approximate surface area is 92.8 Å². The molecule has 1 aliphatic heterocycles. The first-order valence-corrected chi connectivity index (χ1v) is 6.32. The van der Waals surface area contributed by atoms with Gasteiger partial charge in [0, 0.05) is 18.6 Å². The van der Waals surface area contributed by atoms with E-state index in [-0.39, 0.29) is 12.1 Å². The molecule has 3 atom stereocenters. The summed E-state index contributed by atoms with van der Waals surface area (Å²) in [5, 5.41) is 12.8. The Morgan fingerprint density at radius 3 is 2.67 bits per heavy atom. The summed E-state index contributed by atoms with van der Waals surface area (Å²) in [5.74, 6) is 0.798. The van der Waals surface area contributed by atoms with E-state index in [1.54, 1.807) is 0 Å². The first kappa shape index (κ1) is 11.4. The van der Waals surface area contributed by atoms with E-state index in [4.69, 9.17) is 0 Å². The minimum atomic E-state index is -0.245. The summed E-state index contributed by atoms with van der Waals surface area (Å²) in [7, 11) is 0. The minimum Gasteiger partial charge on any atom is -0.392 e.